The van der Waals surface area contributed by atoms with E-state index < -0.39 is 10.0 Å². The molecule has 0 saturated carbocycles. The van der Waals surface area contributed by atoms with Crippen LogP contribution in [0.2, 0.25) is 10.0 Å². The molecule has 0 aliphatic heterocycles. The molecular weight excluding hydrogens is 363 g/mol. The van der Waals surface area contributed by atoms with E-state index >= 15 is 0 Å². The number of thiazole rings is 1. The highest BCUT2D eigenvalue weighted by Gasteiger charge is 2.16. The predicted molar refractivity (Wildman–Crippen MR) is 91.6 cm³/mol. The molecule has 0 aliphatic carbocycles. The lowest BCUT2D eigenvalue weighted by Crippen LogP contribution is -2.12. The predicted octanol–water partition coefficient (Wildman–Crippen LogP) is 4.71. The monoisotopic (exact) mass is 372 g/mol. The van der Waals surface area contributed by atoms with E-state index in [4.69, 9.17) is 23.2 Å². The van der Waals surface area contributed by atoms with Crippen molar-refractivity contribution in [3.63, 3.8) is 0 Å². The highest BCUT2D eigenvalue weighted by molar-refractivity contribution is 7.92. The van der Waals surface area contributed by atoms with Gasteiger partial charge in [-0.1, -0.05) is 23.2 Å². The van der Waals surface area contributed by atoms with Crippen LogP contribution in [-0.4, -0.2) is 13.4 Å². The SMILES string of the molecule is Cc1nc2ccc(NS(=O)(=O)c3ccc(Cl)c(Cl)c3)cc2s1. The van der Waals surface area contributed by atoms with Crippen LogP contribution in [0.15, 0.2) is 41.3 Å². The number of fused-ring (bicyclic) bond motifs is 1. The molecule has 2 aromatic carbocycles. The number of halogens is 2. The molecule has 4 nitrogen and oxygen atoms in total. The molecule has 0 bridgehead atoms. The van der Waals surface area contributed by atoms with Crippen molar-refractivity contribution < 1.29 is 8.42 Å². The second-order valence-corrected chi connectivity index (χ2v) is 8.33. The summed E-state index contributed by atoms with van der Waals surface area (Å²) in [6, 6.07) is 9.40. The summed E-state index contributed by atoms with van der Waals surface area (Å²) in [6.07, 6.45) is 0. The number of aryl methyl sites for hydroxylation is 1. The lowest BCUT2D eigenvalue weighted by atomic mass is 10.3. The molecule has 1 N–H and O–H groups in total. The van der Waals surface area contributed by atoms with Gasteiger partial charge in [0, 0.05) is 0 Å². The van der Waals surface area contributed by atoms with Gasteiger partial charge in [0.05, 0.1) is 35.9 Å². The largest absolute Gasteiger partial charge is 0.280 e. The van der Waals surface area contributed by atoms with E-state index in [0.717, 1.165) is 15.2 Å². The van der Waals surface area contributed by atoms with Crippen LogP contribution in [0.3, 0.4) is 0 Å². The van der Waals surface area contributed by atoms with Gasteiger partial charge in [0.2, 0.25) is 0 Å². The first kappa shape index (κ1) is 15.6. The molecule has 0 spiro atoms. The van der Waals surface area contributed by atoms with Crippen LogP contribution in [0.25, 0.3) is 10.2 Å². The summed E-state index contributed by atoms with van der Waals surface area (Å²) in [5, 5.41) is 1.43. The fraction of sp³-hybridized carbons (Fsp3) is 0.0714. The van der Waals surface area contributed by atoms with Crippen molar-refractivity contribution in [2.45, 2.75) is 11.8 Å². The van der Waals surface area contributed by atoms with E-state index in [1.807, 2.05) is 6.92 Å². The highest BCUT2D eigenvalue weighted by Crippen LogP contribution is 2.28. The second kappa shape index (κ2) is 5.70. The Hall–Kier alpha value is -1.34. The number of benzene rings is 2. The van der Waals surface area contributed by atoms with Crippen molar-refractivity contribution in [1.82, 2.24) is 4.98 Å². The van der Waals surface area contributed by atoms with Gasteiger partial charge in [0.25, 0.3) is 10.0 Å². The molecule has 3 aromatic rings. The molecule has 8 heteroatoms. The van der Waals surface area contributed by atoms with Crippen molar-refractivity contribution >= 4 is 60.5 Å². The van der Waals surface area contributed by atoms with Gasteiger partial charge in [0.1, 0.15) is 0 Å². The molecular formula is C14H10Cl2N2O2S2. The Morgan fingerprint density at radius 3 is 2.59 bits per heavy atom. The van der Waals surface area contributed by atoms with Crippen LogP contribution in [0, 0.1) is 6.92 Å². The second-order valence-electron chi connectivity index (χ2n) is 4.60. The lowest BCUT2D eigenvalue weighted by molar-refractivity contribution is 0.601. The first-order valence-corrected chi connectivity index (χ1v) is 9.26. The van der Waals surface area contributed by atoms with Gasteiger partial charge in [-0.15, -0.1) is 11.3 Å². The van der Waals surface area contributed by atoms with Crippen LogP contribution >= 0.6 is 34.5 Å². The molecule has 22 heavy (non-hydrogen) atoms. The summed E-state index contributed by atoms with van der Waals surface area (Å²) in [6.45, 7) is 1.91. The summed E-state index contributed by atoms with van der Waals surface area (Å²) in [7, 11) is -3.72. The van der Waals surface area contributed by atoms with Crippen molar-refractivity contribution in [3.8, 4) is 0 Å². The van der Waals surface area contributed by atoms with Crippen molar-refractivity contribution in [2.75, 3.05) is 4.72 Å². The van der Waals surface area contributed by atoms with Crippen molar-refractivity contribution in [1.29, 1.82) is 0 Å². The average molecular weight is 373 g/mol. The Balaban J connectivity index is 1.96. The standard InChI is InChI=1S/C14H10Cl2N2O2S2/c1-8-17-13-5-2-9(6-14(13)21-8)18-22(19,20)10-3-4-11(15)12(16)7-10/h2-7,18H,1H3. The van der Waals surface area contributed by atoms with Crippen molar-refractivity contribution in [3.05, 3.63) is 51.5 Å². The summed E-state index contributed by atoms with van der Waals surface area (Å²) < 4.78 is 28.2. The fourth-order valence-corrected chi connectivity index (χ4v) is 4.27. The minimum atomic E-state index is -3.72. The Kier molecular flexibility index (Phi) is 4.03. The van der Waals surface area contributed by atoms with E-state index in [0.29, 0.717) is 10.7 Å². The van der Waals surface area contributed by atoms with Gasteiger partial charge in [-0.2, -0.15) is 0 Å². The molecule has 3 rings (SSSR count). The Morgan fingerprint density at radius 2 is 1.86 bits per heavy atom. The molecule has 0 aliphatic rings. The van der Waals surface area contributed by atoms with Gasteiger partial charge in [0.15, 0.2) is 0 Å². The van der Waals surface area contributed by atoms with Gasteiger partial charge in [-0.25, -0.2) is 13.4 Å². The molecule has 0 fully saturated rings. The van der Waals surface area contributed by atoms with Gasteiger partial charge in [-0.05, 0) is 43.3 Å². The normalized spacial score (nSPS) is 11.8. The van der Waals surface area contributed by atoms with E-state index in [1.165, 1.54) is 29.5 Å². The first-order chi connectivity index (χ1) is 10.3. The number of sulfonamides is 1. The van der Waals surface area contributed by atoms with Crippen LogP contribution < -0.4 is 4.72 Å². The summed E-state index contributed by atoms with van der Waals surface area (Å²) in [5.41, 5.74) is 1.32. The van der Waals surface area contributed by atoms with Crippen LogP contribution in [0.1, 0.15) is 5.01 Å². The van der Waals surface area contributed by atoms with E-state index in [1.54, 1.807) is 18.2 Å². The zero-order valence-electron chi connectivity index (χ0n) is 11.3. The molecule has 0 amide bonds. The summed E-state index contributed by atoms with van der Waals surface area (Å²) >= 11 is 13.2. The summed E-state index contributed by atoms with van der Waals surface area (Å²) in [4.78, 5) is 4.40. The van der Waals surface area contributed by atoms with Crippen molar-refractivity contribution in [2.24, 2.45) is 0 Å². The minimum Gasteiger partial charge on any atom is -0.280 e. The Morgan fingerprint density at radius 1 is 1.09 bits per heavy atom. The maximum Gasteiger partial charge on any atom is 0.261 e. The molecule has 0 unspecified atom stereocenters. The smallest absolute Gasteiger partial charge is 0.261 e. The quantitative estimate of drug-likeness (QED) is 0.723. The molecule has 0 radical (unpaired) electrons. The fourth-order valence-electron chi connectivity index (χ4n) is 1.96. The number of nitrogens with one attached hydrogen (secondary N) is 1. The van der Waals surface area contributed by atoms with Gasteiger partial charge < -0.3 is 0 Å². The highest BCUT2D eigenvalue weighted by atomic mass is 35.5. The maximum atomic E-state index is 12.4. The number of hydrogen-bond acceptors (Lipinski definition) is 4. The molecule has 114 valence electrons. The van der Waals surface area contributed by atoms with Gasteiger partial charge >= 0.3 is 0 Å². The minimum absolute atomic E-state index is 0.0579. The molecule has 0 saturated heterocycles. The lowest BCUT2D eigenvalue weighted by Gasteiger charge is -2.08. The molecule has 0 atom stereocenters. The average Bonchev–Trinajstić information content (AvgIpc) is 2.80. The number of aromatic nitrogens is 1. The Bertz CT molecular complexity index is 968. The third-order valence-electron chi connectivity index (χ3n) is 2.95. The Labute approximate surface area is 141 Å². The third-order valence-corrected chi connectivity index (χ3v) is 6.00. The van der Waals surface area contributed by atoms with Gasteiger partial charge in [-0.3, -0.25) is 4.72 Å². The number of hydrogen-bond donors (Lipinski definition) is 1. The van der Waals surface area contributed by atoms with E-state index in [9.17, 15) is 8.42 Å². The molecule has 1 heterocycles. The summed E-state index contributed by atoms with van der Waals surface area (Å²) in [5.74, 6) is 0. The van der Waals surface area contributed by atoms with Crippen LogP contribution in [-0.2, 0) is 10.0 Å². The molecule has 1 aromatic heterocycles. The van der Waals surface area contributed by atoms with Crippen LogP contribution in [0.4, 0.5) is 5.69 Å². The third kappa shape index (κ3) is 3.05. The number of rotatable bonds is 3. The topological polar surface area (TPSA) is 59.1 Å². The zero-order valence-corrected chi connectivity index (χ0v) is 14.4. The number of anilines is 1. The first-order valence-electron chi connectivity index (χ1n) is 6.20. The maximum absolute atomic E-state index is 12.4. The number of nitrogens with zero attached hydrogens (tertiary/aromatic N) is 1. The zero-order chi connectivity index (χ0) is 15.9. The van der Waals surface area contributed by atoms with E-state index in [-0.39, 0.29) is 9.92 Å². The van der Waals surface area contributed by atoms with E-state index in [2.05, 4.69) is 9.71 Å². The van der Waals surface area contributed by atoms with Crippen LogP contribution in [0.5, 0.6) is 0 Å².